The van der Waals surface area contributed by atoms with Crippen LogP contribution in [0, 0.1) is 0 Å². The zero-order valence-corrected chi connectivity index (χ0v) is 22.5. The van der Waals surface area contributed by atoms with E-state index in [1.165, 1.54) is 0 Å². The van der Waals surface area contributed by atoms with Gasteiger partial charge in [-0.1, -0.05) is 35.5 Å². The Labute approximate surface area is 227 Å². The molecule has 11 nitrogen and oxygen atoms in total. The Bertz CT molecular complexity index is 1390. The van der Waals surface area contributed by atoms with Crippen molar-refractivity contribution in [1.29, 1.82) is 0 Å². The number of amides is 1. The summed E-state index contributed by atoms with van der Waals surface area (Å²) in [6, 6.07) is 13.6. The van der Waals surface area contributed by atoms with Gasteiger partial charge in [-0.05, 0) is 38.5 Å². The fraction of sp³-hybridized carbons (Fsp3) is 0.393. The summed E-state index contributed by atoms with van der Waals surface area (Å²) in [5, 5.41) is 8.73. The van der Waals surface area contributed by atoms with Gasteiger partial charge in [0, 0.05) is 31.7 Å². The molecule has 5 rings (SSSR count). The quantitative estimate of drug-likeness (QED) is 0.304. The molecule has 204 valence electrons. The zero-order chi connectivity index (χ0) is 27.2. The van der Waals surface area contributed by atoms with E-state index in [1.54, 1.807) is 23.1 Å². The van der Waals surface area contributed by atoms with E-state index >= 15 is 0 Å². The van der Waals surface area contributed by atoms with E-state index in [9.17, 15) is 4.79 Å². The molecular formula is C28H33N7O4. The van der Waals surface area contributed by atoms with Crippen molar-refractivity contribution in [3.63, 3.8) is 0 Å². The van der Waals surface area contributed by atoms with Crippen LogP contribution < -0.4 is 19.1 Å². The molecule has 1 aliphatic heterocycles. The summed E-state index contributed by atoms with van der Waals surface area (Å²) in [7, 11) is 0. The number of hydrogen-bond donors (Lipinski definition) is 0. The molecule has 0 atom stereocenters. The van der Waals surface area contributed by atoms with Gasteiger partial charge in [0.15, 0.2) is 28.5 Å². The van der Waals surface area contributed by atoms with Crippen LogP contribution in [0.25, 0.3) is 11.2 Å². The molecule has 2 aromatic heterocycles. The maximum Gasteiger partial charge on any atom is 0.254 e. The van der Waals surface area contributed by atoms with Crippen LogP contribution in [0.2, 0.25) is 0 Å². The predicted octanol–water partition coefficient (Wildman–Crippen LogP) is 3.43. The lowest BCUT2D eigenvalue weighted by Crippen LogP contribution is -2.49. The molecule has 0 unspecified atom stereocenters. The topological polar surface area (TPSA) is 108 Å². The summed E-state index contributed by atoms with van der Waals surface area (Å²) in [5.74, 6) is 2.19. The molecule has 1 fully saturated rings. The highest BCUT2D eigenvalue weighted by Crippen LogP contribution is 2.39. The van der Waals surface area contributed by atoms with Crippen LogP contribution >= 0.6 is 0 Å². The van der Waals surface area contributed by atoms with Crippen molar-refractivity contribution < 1.29 is 19.0 Å². The Kier molecular flexibility index (Phi) is 8.04. The number of aromatic nitrogens is 5. The van der Waals surface area contributed by atoms with Crippen molar-refractivity contribution in [3.05, 3.63) is 59.9 Å². The Morgan fingerprint density at radius 2 is 1.54 bits per heavy atom. The molecule has 4 aromatic rings. The summed E-state index contributed by atoms with van der Waals surface area (Å²) in [6.07, 6.45) is 1.55. The molecule has 0 radical (unpaired) electrons. The van der Waals surface area contributed by atoms with Crippen LogP contribution in [-0.4, -0.2) is 81.8 Å². The van der Waals surface area contributed by atoms with E-state index in [1.807, 2.05) is 56.0 Å². The summed E-state index contributed by atoms with van der Waals surface area (Å²) in [6.45, 7) is 9.91. The Balaban J connectivity index is 1.32. The first-order valence-corrected chi connectivity index (χ1v) is 13.3. The molecule has 39 heavy (non-hydrogen) atoms. The molecular weight excluding hydrogens is 498 g/mol. The predicted molar refractivity (Wildman–Crippen MR) is 147 cm³/mol. The van der Waals surface area contributed by atoms with E-state index < -0.39 is 0 Å². The number of hydrogen-bond acceptors (Lipinski definition) is 9. The summed E-state index contributed by atoms with van der Waals surface area (Å²) in [4.78, 5) is 26.4. The highest BCUT2D eigenvalue weighted by Gasteiger charge is 2.27. The van der Waals surface area contributed by atoms with Crippen LogP contribution in [0.1, 0.15) is 36.7 Å². The number of nitrogens with zero attached hydrogens (tertiary/aromatic N) is 7. The lowest BCUT2D eigenvalue weighted by atomic mass is 10.1. The fourth-order valence-corrected chi connectivity index (χ4v) is 4.69. The van der Waals surface area contributed by atoms with Gasteiger partial charge in [0.25, 0.3) is 5.91 Å². The molecule has 1 aliphatic rings. The summed E-state index contributed by atoms with van der Waals surface area (Å²) >= 11 is 0. The van der Waals surface area contributed by atoms with Crippen molar-refractivity contribution in [2.75, 3.05) is 50.9 Å². The van der Waals surface area contributed by atoms with Gasteiger partial charge in [-0.3, -0.25) is 4.79 Å². The number of fused-ring (bicyclic) bond motifs is 1. The van der Waals surface area contributed by atoms with Crippen LogP contribution in [0.15, 0.2) is 48.8 Å². The molecule has 11 heteroatoms. The Morgan fingerprint density at radius 1 is 0.872 bits per heavy atom. The minimum Gasteiger partial charge on any atom is -0.490 e. The lowest BCUT2D eigenvalue weighted by molar-refractivity contribution is 0.0745. The third-order valence-corrected chi connectivity index (χ3v) is 6.48. The van der Waals surface area contributed by atoms with Crippen LogP contribution in [0.5, 0.6) is 17.2 Å². The van der Waals surface area contributed by atoms with Gasteiger partial charge in [0.1, 0.15) is 6.33 Å². The third-order valence-electron chi connectivity index (χ3n) is 6.48. The summed E-state index contributed by atoms with van der Waals surface area (Å²) < 4.78 is 19.2. The highest BCUT2D eigenvalue weighted by atomic mass is 16.5. The minimum atomic E-state index is -0.0822. The standard InChI is InChI=1S/C28H33N7O4/c1-4-37-22-16-21(17-23(38-5-2)25(22)39-6-3)28(36)34-14-12-33(13-15-34)26-24-27(30-19-29-26)35(32-31-24)18-20-10-8-7-9-11-20/h7-11,16-17,19H,4-6,12-15,18H2,1-3H3. The van der Waals surface area contributed by atoms with E-state index in [0.29, 0.717) is 86.5 Å². The average molecular weight is 532 g/mol. The van der Waals surface area contributed by atoms with Gasteiger partial charge in [-0.15, -0.1) is 5.10 Å². The average Bonchev–Trinajstić information content (AvgIpc) is 3.38. The van der Waals surface area contributed by atoms with Crippen molar-refractivity contribution in [2.45, 2.75) is 27.3 Å². The molecule has 1 saturated heterocycles. The van der Waals surface area contributed by atoms with Crippen LogP contribution in [0.4, 0.5) is 5.82 Å². The van der Waals surface area contributed by atoms with E-state index in [0.717, 1.165) is 11.4 Å². The third kappa shape index (κ3) is 5.57. The van der Waals surface area contributed by atoms with E-state index in [-0.39, 0.29) is 5.91 Å². The first-order valence-electron chi connectivity index (χ1n) is 13.3. The smallest absolute Gasteiger partial charge is 0.254 e. The first-order chi connectivity index (χ1) is 19.1. The zero-order valence-electron chi connectivity index (χ0n) is 22.5. The number of ether oxygens (including phenoxy) is 3. The number of rotatable bonds is 10. The second-order valence-corrected chi connectivity index (χ2v) is 8.98. The van der Waals surface area contributed by atoms with Gasteiger partial charge >= 0.3 is 0 Å². The second kappa shape index (κ2) is 12.0. The number of carbonyl (C=O) groups is 1. The molecule has 0 spiro atoms. The van der Waals surface area contributed by atoms with E-state index in [4.69, 9.17) is 14.2 Å². The van der Waals surface area contributed by atoms with Crippen LogP contribution in [0.3, 0.4) is 0 Å². The molecule has 3 heterocycles. The number of carbonyl (C=O) groups excluding carboxylic acids is 1. The van der Waals surface area contributed by atoms with Gasteiger partial charge < -0.3 is 24.0 Å². The normalized spacial score (nSPS) is 13.5. The molecule has 1 amide bonds. The maximum absolute atomic E-state index is 13.5. The van der Waals surface area contributed by atoms with Crippen molar-refractivity contribution >= 4 is 22.9 Å². The minimum absolute atomic E-state index is 0.0822. The van der Waals surface area contributed by atoms with Crippen molar-refractivity contribution in [1.82, 2.24) is 29.9 Å². The monoisotopic (exact) mass is 531 g/mol. The fourth-order valence-electron chi connectivity index (χ4n) is 4.69. The van der Waals surface area contributed by atoms with Crippen molar-refractivity contribution in [2.24, 2.45) is 0 Å². The number of anilines is 1. The SMILES string of the molecule is CCOc1cc(C(=O)N2CCN(c3ncnc4c3nnn4Cc3ccccc3)CC2)cc(OCC)c1OCC. The summed E-state index contributed by atoms with van der Waals surface area (Å²) in [5.41, 5.74) is 2.96. The van der Waals surface area contributed by atoms with Gasteiger partial charge in [0.2, 0.25) is 5.75 Å². The highest BCUT2D eigenvalue weighted by molar-refractivity contribution is 5.96. The van der Waals surface area contributed by atoms with Crippen molar-refractivity contribution in [3.8, 4) is 17.2 Å². The molecule has 0 aliphatic carbocycles. The second-order valence-electron chi connectivity index (χ2n) is 8.98. The molecule has 2 aromatic carbocycles. The molecule has 0 N–H and O–H groups in total. The van der Waals surface area contributed by atoms with Crippen LogP contribution in [-0.2, 0) is 6.54 Å². The number of benzene rings is 2. The first kappa shape index (κ1) is 26.2. The number of piperazine rings is 1. The maximum atomic E-state index is 13.5. The van der Waals surface area contributed by atoms with Gasteiger partial charge in [-0.25, -0.2) is 14.6 Å². The van der Waals surface area contributed by atoms with Gasteiger partial charge in [0.05, 0.1) is 26.4 Å². The molecule has 0 saturated carbocycles. The lowest BCUT2D eigenvalue weighted by Gasteiger charge is -2.35. The van der Waals surface area contributed by atoms with Gasteiger partial charge in [-0.2, -0.15) is 0 Å². The molecule has 0 bridgehead atoms. The van der Waals surface area contributed by atoms with E-state index in [2.05, 4.69) is 25.2 Å². The Morgan fingerprint density at radius 3 is 2.18 bits per heavy atom. The largest absolute Gasteiger partial charge is 0.490 e. The Hall–Kier alpha value is -4.41.